The molecule has 1 saturated carbocycles. The quantitative estimate of drug-likeness (QED) is 0.670. The van der Waals surface area contributed by atoms with Crippen LogP contribution in [-0.4, -0.2) is 23.9 Å². The van der Waals surface area contributed by atoms with E-state index in [0.717, 1.165) is 0 Å². The van der Waals surface area contributed by atoms with Gasteiger partial charge in [0.05, 0.1) is 6.04 Å². The van der Waals surface area contributed by atoms with Crippen LogP contribution in [-0.2, 0) is 9.59 Å². The van der Waals surface area contributed by atoms with E-state index in [-0.39, 0.29) is 17.9 Å². The molecule has 2 amide bonds. The highest BCUT2D eigenvalue weighted by atomic mass is 16.2. The van der Waals surface area contributed by atoms with Crippen molar-refractivity contribution in [1.82, 2.24) is 10.6 Å². The van der Waals surface area contributed by atoms with Crippen LogP contribution in [0, 0.1) is 5.41 Å². The molecule has 1 aliphatic heterocycles. The van der Waals surface area contributed by atoms with Crippen LogP contribution >= 0.6 is 0 Å². The number of nitrogens with one attached hydrogen (secondary N) is 2. The Hall–Kier alpha value is -0.900. The van der Waals surface area contributed by atoms with E-state index in [4.69, 9.17) is 0 Å². The third-order valence-electron chi connectivity index (χ3n) is 3.77. The lowest BCUT2D eigenvalue weighted by Gasteiger charge is -2.28. The summed E-state index contributed by atoms with van der Waals surface area (Å²) >= 11 is 0. The van der Waals surface area contributed by atoms with Crippen molar-refractivity contribution in [2.45, 2.75) is 51.6 Å². The molecule has 0 spiro atoms. The van der Waals surface area contributed by atoms with Gasteiger partial charge in [-0.1, -0.05) is 6.92 Å². The number of imide groups is 1. The minimum absolute atomic E-state index is 0.150. The highest BCUT2D eigenvalue weighted by Crippen LogP contribution is 2.48. The molecule has 4 heteroatoms. The lowest BCUT2D eigenvalue weighted by Crippen LogP contribution is -2.54. The van der Waals surface area contributed by atoms with Gasteiger partial charge < -0.3 is 5.32 Å². The SMILES string of the molecule is CC(NC1CCC(=O)NC1=O)C1(C)CC1. The molecule has 0 radical (unpaired) electrons. The summed E-state index contributed by atoms with van der Waals surface area (Å²) in [6, 6.07) is 0.163. The molecule has 1 heterocycles. The molecule has 2 atom stereocenters. The highest BCUT2D eigenvalue weighted by Gasteiger charge is 2.43. The predicted octanol–water partition coefficient (Wildman–Crippen LogP) is 0.570. The van der Waals surface area contributed by atoms with Crippen LogP contribution in [0.4, 0.5) is 0 Å². The minimum Gasteiger partial charge on any atom is -0.303 e. The first-order chi connectivity index (χ1) is 7.01. The van der Waals surface area contributed by atoms with Crippen LogP contribution < -0.4 is 10.6 Å². The second-order valence-corrected chi connectivity index (χ2v) is 5.05. The summed E-state index contributed by atoms with van der Waals surface area (Å²) < 4.78 is 0. The molecular weight excluding hydrogens is 192 g/mol. The Kier molecular flexibility index (Phi) is 2.54. The van der Waals surface area contributed by atoms with E-state index in [1.165, 1.54) is 12.8 Å². The zero-order valence-electron chi connectivity index (χ0n) is 9.30. The molecule has 0 bridgehead atoms. The molecule has 2 aliphatic rings. The van der Waals surface area contributed by atoms with Crippen molar-refractivity contribution in [2.75, 3.05) is 0 Å². The summed E-state index contributed by atoms with van der Waals surface area (Å²) in [6.45, 7) is 4.35. The van der Waals surface area contributed by atoms with Crippen molar-refractivity contribution in [3.8, 4) is 0 Å². The monoisotopic (exact) mass is 210 g/mol. The van der Waals surface area contributed by atoms with Crippen LogP contribution in [0.5, 0.6) is 0 Å². The maximum Gasteiger partial charge on any atom is 0.243 e. The Bertz CT molecular complexity index is 297. The fraction of sp³-hybridized carbons (Fsp3) is 0.818. The predicted molar refractivity (Wildman–Crippen MR) is 56.1 cm³/mol. The molecule has 2 rings (SSSR count). The van der Waals surface area contributed by atoms with E-state index in [1.807, 2.05) is 0 Å². The zero-order chi connectivity index (χ0) is 11.1. The van der Waals surface area contributed by atoms with Crippen molar-refractivity contribution >= 4 is 11.8 Å². The average molecular weight is 210 g/mol. The van der Waals surface area contributed by atoms with Gasteiger partial charge in [0, 0.05) is 12.5 Å². The molecule has 2 fully saturated rings. The van der Waals surface area contributed by atoms with E-state index in [2.05, 4.69) is 24.5 Å². The molecule has 0 aromatic heterocycles. The first-order valence-electron chi connectivity index (χ1n) is 5.61. The zero-order valence-corrected chi connectivity index (χ0v) is 9.30. The van der Waals surface area contributed by atoms with Gasteiger partial charge in [-0.15, -0.1) is 0 Å². The normalized spacial score (nSPS) is 30.9. The lowest BCUT2D eigenvalue weighted by atomic mass is 9.97. The molecule has 2 N–H and O–H groups in total. The summed E-state index contributed by atoms with van der Waals surface area (Å²) in [4.78, 5) is 22.4. The van der Waals surface area contributed by atoms with Gasteiger partial charge >= 0.3 is 0 Å². The van der Waals surface area contributed by atoms with Gasteiger partial charge in [0.15, 0.2) is 0 Å². The van der Waals surface area contributed by atoms with Gasteiger partial charge in [-0.2, -0.15) is 0 Å². The summed E-state index contributed by atoms with van der Waals surface area (Å²) in [5.74, 6) is -0.314. The molecule has 1 aliphatic carbocycles. The summed E-state index contributed by atoms with van der Waals surface area (Å²) in [7, 11) is 0. The number of rotatable bonds is 3. The molecule has 15 heavy (non-hydrogen) atoms. The number of piperidine rings is 1. The summed E-state index contributed by atoms with van der Waals surface area (Å²) in [5, 5.41) is 5.69. The van der Waals surface area contributed by atoms with Crippen LogP contribution in [0.3, 0.4) is 0 Å². The second kappa shape index (κ2) is 3.59. The van der Waals surface area contributed by atoms with Gasteiger partial charge in [0.1, 0.15) is 0 Å². The van der Waals surface area contributed by atoms with E-state index in [1.54, 1.807) is 0 Å². The average Bonchev–Trinajstić information content (AvgIpc) is 2.90. The maximum absolute atomic E-state index is 11.5. The van der Waals surface area contributed by atoms with E-state index >= 15 is 0 Å². The smallest absolute Gasteiger partial charge is 0.243 e. The molecular formula is C11H18N2O2. The molecule has 84 valence electrons. The largest absolute Gasteiger partial charge is 0.303 e. The van der Waals surface area contributed by atoms with Crippen LogP contribution in [0.25, 0.3) is 0 Å². The van der Waals surface area contributed by atoms with Crippen molar-refractivity contribution < 1.29 is 9.59 Å². The summed E-state index contributed by atoms with van der Waals surface area (Å²) in [6.07, 6.45) is 3.54. The molecule has 1 saturated heterocycles. The third-order valence-corrected chi connectivity index (χ3v) is 3.77. The third kappa shape index (κ3) is 2.20. The molecule has 0 aromatic rings. The van der Waals surface area contributed by atoms with Crippen molar-refractivity contribution in [3.63, 3.8) is 0 Å². The standard InChI is InChI=1S/C11H18N2O2/c1-7(11(2)5-6-11)12-8-3-4-9(14)13-10(8)15/h7-8,12H,3-6H2,1-2H3,(H,13,14,15). The van der Waals surface area contributed by atoms with E-state index < -0.39 is 0 Å². The van der Waals surface area contributed by atoms with Gasteiger partial charge in [0.2, 0.25) is 11.8 Å². The fourth-order valence-corrected chi connectivity index (χ4v) is 1.99. The summed E-state index contributed by atoms with van der Waals surface area (Å²) in [5.41, 5.74) is 0.363. The minimum atomic E-state index is -0.185. The first kappa shape index (κ1) is 10.6. The lowest BCUT2D eigenvalue weighted by molar-refractivity contribution is -0.134. The Labute approximate surface area is 89.8 Å². The number of hydrogen-bond donors (Lipinski definition) is 2. The highest BCUT2D eigenvalue weighted by molar-refractivity contribution is 6.00. The van der Waals surface area contributed by atoms with Crippen LogP contribution in [0.1, 0.15) is 39.5 Å². The van der Waals surface area contributed by atoms with Gasteiger partial charge in [-0.25, -0.2) is 0 Å². The van der Waals surface area contributed by atoms with Crippen molar-refractivity contribution in [2.24, 2.45) is 5.41 Å². The molecule has 2 unspecified atom stereocenters. The Morgan fingerprint density at radius 1 is 1.47 bits per heavy atom. The fourth-order valence-electron chi connectivity index (χ4n) is 1.99. The van der Waals surface area contributed by atoms with E-state index in [9.17, 15) is 9.59 Å². The number of hydrogen-bond acceptors (Lipinski definition) is 3. The van der Waals surface area contributed by atoms with Gasteiger partial charge in [0.25, 0.3) is 0 Å². The maximum atomic E-state index is 11.5. The van der Waals surface area contributed by atoms with Crippen LogP contribution in [0.2, 0.25) is 0 Å². The topological polar surface area (TPSA) is 58.2 Å². The Morgan fingerprint density at radius 2 is 2.13 bits per heavy atom. The van der Waals surface area contributed by atoms with Gasteiger partial charge in [-0.05, 0) is 31.6 Å². The van der Waals surface area contributed by atoms with Crippen molar-refractivity contribution in [3.05, 3.63) is 0 Å². The molecule has 4 nitrogen and oxygen atoms in total. The van der Waals surface area contributed by atoms with Gasteiger partial charge in [-0.3, -0.25) is 14.9 Å². The van der Waals surface area contributed by atoms with E-state index in [0.29, 0.717) is 24.3 Å². The Morgan fingerprint density at radius 3 is 2.67 bits per heavy atom. The molecule has 0 aromatic carbocycles. The Balaban J connectivity index is 1.89. The number of carbonyl (C=O) groups excluding carboxylic acids is 2. The number of amides is 2. The van der Waals surface area contributed by atoms with Crippen molar-refractivity contribution in [1.29, 1.82) is 0 Å². The second-order valence-electron chi connectivity index (χ2n) is 5.05. The number of carbonyl (C=O) groups is 2. The van der Waals surface area contributed by atoms with Crippen LogP contribution in [0.15, 0.2) is 0 Å². The first-order valence-corrected chi connectivity index (χ1v) is 5.61.